The summed E-state index contributed by atoms with van der Waals surface area (Å²) >= 11 is 0. The Morgan fingerprint density at radius 3 is 1.31 bits per heavy atom. The molecule has 0 aliphatic heterocycles. The van der Waals surface area contributed by atoms with Crippen LogP contribution in [0.15, 0.2) is 0 Å². The van der Waals surface area contributed by atoms with E-state index in [1.165, 1.54) is 70.6 Å². The van der Waals surface area contributed by atoms with Crippen LogP contribution >= 0.6 is 7.82 Å². The van der Waals surface area contributed by atoms with E-state index in [2.05, 4.69) is 6.92 Å². The molecule has 0 fully saturated rings. The largest absolute Gasteiger partial charge is 0.472 e. The van der Waals surface area contributed by atoms with Crippen LogP contribution in [0, 0.1) is 0 Å². The molecule has 0 aromatic heterocycles. The molecule has 232 valence electrons. The highest BCUT2D eigenvalue weighted by Gasteiger charge is 2.27. The van der Waals surface area contributed by atoms with Gasteiger partial charge in [-0.1, -0.05) is 104 Å². The molecule has 0 saturated heterocycles. The van der Waals surface area contributed by atoms with Crippen molar-refractivity contribution in [2.45, 2.75) is 142 Å². The van der Waals surface area contributed by atoms with Crippen LogP contribution in [-0.2, 0) is 32.7 Å². The van der Waals surface area contributed by atoms with Gasteiger partial charge in [0.15, 0.2) is 0 Å². The number of esters is 2. The summed E-state index contributed by atoms with van der Waals surface area (Å²) in [6, 6.07) is 0. The molecule has 11 heteroatoms. The normalized spacial score (nSPS) is 14.5. The number of rotatable bonds is 28. The summed E-state index contributed by atoms with van der Waals surface area (Å²) < 4.78 is 31.6. The van der Waals surface area contributed by atoms with Gasteiger partial charge in [0.1, 0.15) is 12.2 Å². The fraction of sp³-hybridized carbons (Fsp3) is 0.929. The average Bonchev–Trinajstić information content (AvgIpc) is 2.91. The fourth-order valence-electron chi connectivity index (χ4n) is 3.97. The van der Waals surface area contributed by atoms with Crippen molar-refractivity contribution in [1.29, 1.82) is 0 Å². The summed E-state index contributed by atoms with van der Waals surface area (Å²) in [5, 5.41) is 18.7. The standard InChI is InChI=1S/C28H55O10P/c1-3-5-6-7-8-9-10-11-12-13-14-15-16-17-18-20-28(32)38-26(22-30)24-36-39(33,34)35-23-25(21-29)37-27(31)19-4-2/h25-26,29-30H,3-24H2,1-2H3,(H,33,34). The summed E-state index contributed by atoms with van der Waals surface area (Å²) in [6.07, 6.45) is 17.1. The highest BCUT2D eigenvalue weighted by atomic mass is 31.2. The molecule has 0 aliphatic carbocycles. The Morgan fingerprint density at radius 1 is 0.590 bits per heavy atom. The number of phosphoric ester groups is 1. The van der Waals surface area contributed by atoms with Crippen LogP contribution in [0.5, 0.6) is 0 Å². The number of hydrogen-bond acceptors (Lipinski definition) is 9. The van der Waals surface area contributed by atoms with E-state index >= 15 is 0 Å². The van der Waals surface area contributed by atoms with E-state index in [0.29, 0.717) is 12.8 Å². The minimum atomic E-state index is -4.59. The highest BCUT2D eigenvalue weighted by Crippen LogP contribution is 2.43. The van der Waals surface area contributed by atoms with E-state index in [0.717, 1.165) is 19.3 Å². The van der Waals surface area contributed by atoms with E-state index < -0.39 is 58.4 Å². The van der Waals surface area contributed by atoms with Gasteiger partial charge >= 0.3 is 19.8 Å². The smallest absolute Gasteiger partial charge is 0.457 e. The molecule has 0 saturated carbocycles. The Kier molecular flexibility index (Phi) is 25.2. The first-order valence-electron chi connectivity index (χ1n) is 15.0. The number of carbonyl (C=O) groups is 2. The lowest BCUT2D eigenvalue weighted by Crippen LogP contribution is -2.28. The second-order valence-electron chi connectivity index (χ2n) is 10.1. The van der Waals surface area contributed by atoms with Crippen LogP contribution in [0.3, 0.4) is 0 Å². The molecule has 0 aliphatic rings. The lowest BCUT2D eigenvalue weighted by atomic mass is 10.0. The molecule has 3 atom stereocenters. The van der Waals surface area contributed by atoms with Crippen LogP contribution in [0.2, 0.25) is 0 Å². The van der Waals surface area contributed by atoms with Gasteiger partial charge in [0, 0.05) is 12.8 Å². The van der Waals surface area contributed by atoms with Crippen molar-refractivity contribution >= 4 is 19.8 Å². The SMILES string of the molecule is CCCCCCCCCCCCCCCCCC(=O)OC(CO)COP(=O)(O)OCC(CO)OC(=O)CCC. The van der Waals surface area contributed by atoms with E-state index in [1.54, 1.807) is 6.92 Å². The zero-order valence-corrected chi connectivity index (χ0v) is 25.3. The van der Waals surface area contributed by atoms with Crippen molar-refractivity contribution in [3.05, 3.63) is 0 Å². The first-order valence-corrected chi connectivity index (χ1v) is 16.5. The topological polar surface area (TPSA) is 149 Å². The first kappa shape index (κ1) is 38.0. The third-order valence-corrected chi connectivity index (χ3v) is 7.24. The van der Waals surface area contributed by atoms with Crippen molar-refractivity contribution in [3.63, 3.8) is 0 Å². The number of hydrogen-bond donors (Lipinski definition) is 3. The number of aliphatic hydroxyl groups is 2. The summed E-state index contributed by atoms with van der Waals surface area (Å²) in [7, 11) is -4.59. The van der Waals surface area contributed by atoms with Crippen LogP contribution < -0.4 is 0 Å². The molecule has 0 radical (unpaired) electrons. The maximum Gasteiger partial charge on any atom is 0.472 e. The summed E-state index contributed by atoms with van der Waals surface area (Å²) in [5.74, 6) is -1.07. The molecule has 0 aromatic carbocycles. The maximum absolute atomic E-state index is 12.1. The molecule has 3 N–H and O–H groups in total. The van der Waals surface area contributed by atoms with Gasteiger partial charge in [-0.3, -0.25) is 18.6 Å². The third kappa shape index (κ3) is 24.5. The van der Waals surface area contributed by atoms with Gasteiger partial charge in [-0.15, -0.1) is 0 Å². The molecule has 0 bridgehead atoms. The van der Waals surface area contributed by atoms with E-state index in [4.69, 9.17) is 18.5 Å². The molecule has 3 unspecified atom stereocenters. The molecular formula is C28H55O10P. The predicted molar refractivity (Wildman–Crippen MR) is 150 cm³/mol. The van der Waals surface area contributed by atoms with Gasteiger partial charge < -0.3 is 24.6 Å². The zero-order chi connectivity index (χ0) is 29.2. The molecule has 0 heterocycles. The van der Waals surface area contributed by atoms with Gasteiger partial charge in [-0.05, 0) is 12.8 Å². The zero-order valence-electron chi connectivity index (χ0n) is 24.4. The second kappa shape index (κ2) is 25.9. The van der Waals surface area contributed by atoms with Crippen LogP contribution in [0.1, 0.15) is 129 Å². The Bertz CT molecular complexity index is 646. The lowest BCUT2D eigenvalue weighted by Gasteiger charge is -2.20. The number of unbranched alkanes of at least 4 members (excludes halogenated alkanes) is 14. The summed E-state index contributed by atoms with van der Waals surface area (Å²) in [6.45, 7) is 1.75. The third-order valence-electron chi connectivity index (χ3n) is 6.29. The van der Waals surface area contributed by atoms with Crippen molar-refractivity contribution in [3.8, 4) is 0 Å². The number of phosphoric acid groups is 1. The van der Waals surface area contributed by atoms with Crippen molar-refractivity contribution in [2.24, 2.45) is 0 Å². The fourth-order valence-corrected chi connectivity index (χ4v) is 4.76. The van der Waals surface area contributed by atoms with E-state index in [1.807, 2.05) is 0 Å². The quantitative estimate of drug-likeness (QED) is 0.0570. The highest BCUT2D eigenvalue weighted by molar-refractivity contribution is 7.47. The molecule has 39 heavy (non-hydrogen) atoms. The van der Waals surface area contributed by atoms with Crippen molar-refractivity contribution in [1.82, 2.24) is 0 Å². The minimum Gasteiger partial charge on any atom is -0.457 e. The minimum absolute atomic E-state index is 0.146. The molecular weight excluding hydrogens is 527 g/mol. The molecule has 0 aromatic rings. The Balaban J connectivity index is 3.87. The van der Waals surface area contributed by atoms with Crippen LogP contribution in [0.4, 0.5) is 0 Å². The van der Waals surface area contributed by atoms with Crippen LogP contribution in [0.25, 0.3) is 0 Å². The number of carbonyl (C=O) groups excluding carboxylic acids is 2. The van der Waals surface area contributed by atoms with Gasteiger partial charge in [0.2, 0.25) is 0 Å². The number of ether oxygens (including phenoxy) is 2. The first-order chi connectivity index (χ1) is 18.8. The Hall–Kier alpha value is -1.03. The van der Waals surface area contributed by atoms with Gasteiger partial charge in [0.25, 0.3) is 0 Å². The van der Waals surface area contributed by atoms with Crippen LogP contribution in [-0.4, -0.2) is 65.7 Å². The Morgan fingerprint density at radius 2 is 0.949 bits per heavy atom. The summed E-state index contributed by atoms with van der Waals surface area (Å²) in [4.78, 5) is 33.3. The second-order valence-corrected chi connectivity index (χ2v) is 11.6. The van der Waals surface area contributed by atoms with Crippen molar-refractivity contribution in [2.75, 3.05) is 26.4 Å². The van der Waals surface area contributed by atoms with Gasteiger partial charge in [-0.2, -0.15) is 0 Å². The van der Waals surface area contributed by atoms with Crippen molar-refractivity contribution < 1.29 is 47.8 Å². The van der Waals surface area contributed by atoms with E-state index in [9.17, 15) is 29.3 Å². The molecule has 0 spiro atoms. The molecule has 10 nitrogen and oxygen atoms in total. The predicted octanol–water partition coefficient (Wildman–Crippen LogP) is 5.99. The lowest BCUT2D eigenvalue weighted by molar-refractivity contribution is -0.153. The van der Waals surface area contributed by atoms with E-state index in [-0.39, 0.29) is 12.8 Å². The molecule has 0 rings (SSSR count). The number of aliphatic hydroxyl groups excluding tert-OH is 2. The molecule has 0 amide bonds. The maximum atomic E-state index is 12.1. The van der Waals surface area contributed by atoms with Gasteiger partial charge in [0.05, 0.1) is 26.4 Å². The average molecular weight is 583 g/mol. The van der Waals surface area contributed by atoms with Gasteiger partial charge in [-0.25, -0.2) is 4.57 Å². The Labute approximate surface area is 235 Å². The summed E-state index contributed by atoms with van der Waals surface area (Å²) in [5.41, 5.74) is 0. The monoisotopic (exact) mass is 582 g/mol.